The first-order valence-electron chi connectivity index (χ1n) is 33.2. The third-order valence-corrected chi connectivity index (χ3v) is 14.8. The maximum absolute atomic E-state index is 13.6. The van der Waals surface area contributed by atoms with Crippen LogP contribution in [0.1, 0.15) is 252 Å². The third kappa shape index (κ3) is 62.2. The molecule has 0 radical (unpaired) electrons. The number of likely N-dealkylation sites (N-methyl/N-ethyl adjacent to an activating group) is 1. The molecule has 83 heavy (non-hydrogen) atoms. The molecule has 0 rings (SSSR count). The number of carbonyl (C=O) groups excluding carboxylic acids is 2. The molecule has 9 nitrogen and oxygen atoms in total. The fourth-order valence-electron chi connectivity index (χ4n) is 8.73. The van der Waals surface area contributed by atoms with Gasteiger partial charge in [0.2, 0.25) is 5.91 Å². The highest BCUT2D eigenvalue weighted by molar-refractivity contribution is 7.47. The SMILES string of the molecule is CC/C=C\C/C=C\C/C=C\C/C=C\C/C=C\C/C=C\CCCCC(=O)OC(/C=C/CCCCCCCCCCCCC)C(COP(=O)(O)OCC[N+](C)(C)C)NC(=O)CCCCCCCCC/C=C\C/C=C\C/C=C\C/C=C\C/C=C\CC. The Labute approximate surface area is 510 Å². The lowest BCUT2D eigenvalue weighted by atomic mass is 10.0. The number of nitrogens with zero attached hydrogens (tertiary/aromatic N) is 1. The Balaban J connectivity index is 5.33. The van der Waals surface area contributed by atoms with Gasteiger partial charge in [0.05, 0.1) is 33.8 Å². The third-order valence-electron chi connectivity index (χ3n) is 13.8. The lowest BCUT2D eigenvalue weighted by Crippen LogP contribution is -2.47. The number of unbranched alkanes of at least 4 members (excludes halogenated alkanes) is 20. The lowest BCUT2D eigenvalue weighted by molar-refractivity contribution is -0.870. The first-order valence-corrected chi connectivity index (χ1v) is 34.7. The molecule has 3 atom stereocenters. The molecule has 0 saturated carbocycles. The number of esters is 1. The molecule has 0 aliphatic heterocycles. The quantitative estimate of drug-likeness (QED) is 0.0205. The topological polar surface area (TPSA) is 111 Å². The van der Waals surface area contributed by atoms with Gasteiger partial charge in [-0.25, -0.2) is 4.57 Å². The maximum atomic E-state index is 13.6. The average molecular weight is 1170 g/mol. The van der Waals surface area contributed by atoms with E-state index in [9.17, 15) is 19.0 Å². The van der Waals surface area contributed by atoms with Crippen molar-refractivity contribution in [3.63, 3.8) is 0 Å². The Morgan fingerprint density at radius 1 is 0.434 bits per heavy atom. The first-order chi connectivity index (χ1) is 40.4. The number of allylic oxidation sites excluding steroid dienone is 23. The molecule has 10 heteroatoms. The van der Waals surface area contributed by atoms with Gasteiger partial charge in [-0.15, -0.1) is 0 Å². The van der Waals surface area contributed by atoms with Crippen LogP contribution >= 0.6 is 7.82 Å². The summed E-state index contributed by atoms with van der Waals surface area (Å²) in [5, 5.41) is 3.04. The fraction of sp³-hybridized carbons (Fsp3) is 0.644. The highest BCUT2D eigenvalue weighted by Gasteiger charge is 2.30. The molecule has 0 aliphatic rings. The number of quaternary nitrogens is 1. The molecular formula is C73H124N2O7P+. The number of rotatable bonds is 58. The molecule has 0 heterocycles. The molecule has 0 bridgehead atoms. The van der Waals surface area contributed by atoms with Gasteiger partial charge in [-0.05, 0) is 128 Å². The molecule has 0 spiro atoms. The largest absolute Gasteiger partial charge is 0.472 e. The Bertz CT molecular complexity index is 1930. The summed E-state index contributed by atoms with van der Waals surface area (Å²) in [6.45, 7) is 6.74. The van der Waals surface area contributed by atoms with Gasteiger partial charge in [0.25, 0.3) is 0 Å². The summed E-state index contributed by atoms with van der Waals surface area (Å²) in [5.74, 6) is -0.578. The van der Waals surface area contributed by atoms with Crippen LogP contribution in [-0.4, -0.2) is 74.3 Å². The molecular weight excluding hydrogens is 1050 g/mol. The Kier molecular flexibility index (Phi) is 58.0. The van der Waals surface area contributed by atoms with Crippen LogP contribution in [0, 0.1) is 0 Å². The fourth-order valence-corrected chi connectivity index (χ4v) is 9.47. The molecule has 0 aromatic rings. The number of hydrogen-bond acceptors (Lipinski definition) is 6. The molecule has 0 fully saturated rings. The van der Waals surface area contributed by atoms with Crippen molar-refractivity contribution in [2.75, 3.05) is 40.9 Å². The lowest BCUT2D eigenvalue weighted by Gasteiger charge is -2.27. The van der Waals surface area contributed by atoms with E-state index < -0.39 is 20.0 Å². The average Bonchev–Trinajstić information content (AvgIpc) is 3.47. The standard InChI is InChI=1S/C73H123N2O7P/c1-7-10-13-16-19-22-25-28-30-32-34-36-37-39-40-42-44-47-50-53-56-59-62-65-72(76)74-70(69-81-83(78,79)80-68-67-75(4,5)6)71(64-61-58-55-52-49-46-27-24-21-18-15-12-9-3)82-73(77)66-63-60-57-54-51-48-45-43-41-38-35-33-31-29-26-23-20-17-14-11-8-2/h10-11,13-14,19-20,22-23,28-31,34-36,38-40,43,45,51,54,61,64,70-71H,7-9,12,15-18,21,24-27,32-33,37,41-42,44,46-50,52-53,55-60,62-63,65-69H2,1-6H3,(H-,74,76,78,79)/p+1/b13-10-,14-11-,22-19-,23-20-,30-28-,31-29-,36-34-,38-35-,40-39-,45-43-,54-51-,64-61+. The van der Waals surface area contributed by atoms with Crippen LogP contribution in [0.5, 0.6) is 0 Å². The van der Waals surface area contributed by atoms with E-state index in [2.05, 4.69) is 160 Å². The number of ether oxygens (including phenoxy) is 1. The second-order valence-electron chi connectivity index (χ2n) is 22.9. The van der Waals surface area contributed by atoms with Crippen molar-refractivity contribution >= 4 is 19.7 Å². The van der Waals surface area contributed by atoms with Crippen LogP contribution in [0.3, 0.4) is 0 Å². The zero-order chi connectivity index (χ0) is 60.7. The van der Waals surface area contributed by atoms with Gasteiger partial charge in [-0.1, -0.05) is 257 Å². The summed E-state index contributed by atoms with van der Waals surface area (Å²) < 4.78 is 30.7. The van der Waals surface area contributed by atoms with Crippen molar-refractivity contribution in [1.82, 2.24) is 5.32 Å². The van der Waals surface area contributed by atoms with Crippen LogP contribution in [0.4, 0.5) is 0 Å². The van der Waals surface area contributed by atoms with Crippen molar-refractivity contribution < 1.29 is 37.3 Å². The van der Waals surface area contributed by atoms with Crippen LogP contribution in [0.2, 0.25) is 0 Å². The zero-order valence-electron chi connectivity index (χ0n) is 53.9. The van der Waals surface area contributed by atoms with E-state index in [1.165, 1.54) is 77.0 Å². The van der Waals surface area contributed by atoms with Gasteiger partial charge < -0.3 is 19.4 Å². The Morgan fingerprint density at radius 2 is 0.771 bits per heavy atom. The number of hydrogen-bond donors (Lipinski definition) is 2. The Hall–Kier alpha value is -4.11. The predicted molar refractivity (Wildman–Crippen MR) is 359 cm³/mol. The zero-order valence-corrected chi connectivity index (χ0v) is 54.8. The monoisotopic (exact) mass is 1170 g/mol. The molecule has 0 aromatic carbocycles. The molecule has 3 unspecified atom stereocenters. The van der Waals surface area contributed by atoms with Gasteiger partial charge >= 0.3 is 13.8 Å². The first kappa shape index (κ1) is 78.9. The summed E-state index contributed by atoms with van der Waals surface area (Å²) in [7, 11) is 1.44. The van der Waals surface area contributed by atoms with Crippen LogP contribution in [0.15, 0.2) is 146 Å². The van der Waals surface area contributed by atoms with E-state index in [0.717, 1.165) is 135 Å². The van der Waals surface area contributed by atoms with Gasteiger partial charge in [-0.3, -0.25) is 18.6 Å². The van der Waals surface area contributed by atoms with E-state index in [1.54, 1.807) is 0 Å². The van der Waals surface area contributed by atoms with E-state index in [4.69, 9.17) is 13.8 Å². The van der Waals surface area contributed by atoms with Crippen molar-refractivity contribution in [2.24, 2.45) is 0 Å². The van der Waals surface area contributed by atoms with Gasteiger partial charge in [0.1, 0.15) is 19.3 Å². The maximum Gasteiger partial charge on any atom is 0.472 e. The van der Waals surface area contributed by atoms with Gasteiger partial charge in [0.15, 0.2) is 0 Å². The molecule has 472 valence electrons. The number of phosphoric ester groups is 1. The van der Waals surface area contributed by atoms with Crippen molar-refractivity contribution in [2.45, 2.75) is 264 Å². The van der Waals surface area contributed by atoms with Gasteiger partial charge in [0, 0.05) is 12.8 Å². The van der Waals surface area contributed by atoms with Crippen LogP contribution < -0.4 is 5.32 Å². The minimum atomic E-state index is -4.48. The van der Waals surface area contributed by atoms with Gasteiger partial charge in [-0.2, -0.15) is 0 Å². The summed E-state index contributed by atoms with van der Waals surface area (Å²) >= 11 is 0. The summed E-state index contributed by atoms with van der Waals surface area (Å²) in [5.41, 5.74) is 0. The number of nitrogens with one attached hydrogen (secondary N) is 1. The molecule has 1 amide bonds. The number of amides is 1. The summed E-state index contributed by atoms with van der Waals surface area (Å²) in [6.07, 6.45) is 88.5. The van der Waals surface area contributed by atoms with E-state index in [0.29, 0.717) is 23.9 Å². The highest BCUT2D eigenvalue weighted by atomic mass is 31.2. The van der Waals surface area contributed by atoms with E-state index in [1.807, 2.05) is 33.3 Å². The van der Waals surface area contributed by atoms with Crippen LogP contribution in [0.25, 0.3) is 0 Å². The van der Waals surface area contributed by atoms with E-state index in [-0.39, 0.29) is 31.5 Å². The van der Waals surface area contributed by atoms with E-state index >= 15 is 0 Å². The van der Waals surface area contributed by atoms with Crippen LogP contribution in [-0.2, 0) is 27.9 Å². The molecule has 0 aromatic heterocycles. The summed E-state index contributed by atoms with van der Waals surface area (Å²) in [4.78, 5) is 37.8. The second kappa shape index (κ2) is 61.0. The second-order valence-corrected chi connectivity index (χ2v) is 24.3. The highest BCUT2D eigenvalue weighted by Crippen LogP contribution is 2.43. The smallest absolute Gasteiger partial charge is 0.456 e. The van der Waals surface area contributed by atoms with Crippen molar-refractivity contribution in [3.8, 4) is 0 Å². The van der Waals surface area contributed by atoms with Crippen molar-refractivity contribution in [1.29, 1.82) is 0 Å². The van der Waals surface area contributed by atoms with Crippen molar-refractivity contribution in [3.05, 3.63) is 146 Å². The summed E-state index contributed by atoms with van der Waals surface area (Å²) in [6, 6.07) is -0.885. The normalized spacial score (nSPS) is 14.5. The predicted octanol–water partition coefficient (Wildman–Crippen LogP) is 21.0. The Morgan fingerprint density at radius 3 is 1.17 bits per heavy atom. The number of carbonyl (C=O) groups is 2. The molecule has 0 saturated heterocycles. The minimum absolute atomic E-state index is 0.0223. The number of phosphoric acid groups is 1. The molecule has 2 N–H and O–H groups in total. The molecule has 0 aliphatic carbocycles. The minimum Gasteiger partial charge on any atom is -0.456 e.